The molecule has 0 bridgehead atoms. The molecule has 0 unspecified atom stereocenters. The van der Waals surface area contributed by atoms with Crippen LogP contribution in [0.4, 0.5) is 13.2 Å². The van der Waals surface area contributed by atoms with Gasteiger partial charge in [-0.3, -0.25) is 4.68 Å². The lowest BCUT2D eigenvalue weighted by atomic mass is 10.1. The number of halogens is 3. The third-order valence-electron chi connectivity index (χ3n) is 4.14. The fourth-order valence-corrected chi connectivity index (χ4v) is 2.75. The predicted octanol–water partition coefficient (Wildman–Crippen LogP) is 3.03. The Labute approximate surface area is 174 Å². The molecule has 166 valence electrons. The van der Waals surface area contributed by atoms with Crippen LogP contribution in [-0.2, 0) is 31.1 Å². The zero-order valence-corrected chi connectivity index (χ0v) is 17.6. The maximum Gasteiger partial charge on any atom is 0.435 e. The van der Waals surface area contributed by atoms with Gasteiger partial charge >= 0.3 is 6.18 Å². The summed E-state index contributed by atoms with van der Waals surface area (Å²) >= 11 is 0. The molecule has 2 aromatic rings. The van der Waals surface area contributed by atoms with Crippen LogP contribution < -0.4 is 15.4 Å². The zero-order valence-electron chi connectivity index (χ0n) is 17.6. The van der Waals surface area contributed by atoms with E-state index in [-0.39, 0.29) is 12.1 Å². The maximum atomic E-state index is 13.1. The average molecular weight is 427 g/mol. The van der Waals surface area contributed by atoms with Gasteiger partial charge in [0.25, 0.3) is 0 Å². The second-order valence-corrected chi connectivity index (χ2v) is 6.68. The average Bonchev–Trinajstić information content (AvgIpc) is 3.06. The SMILES string of the molecule is CCNC(=NCc1cn(C)nc1C(F)(F)F)NCc1ccc(C)cc1OCCOC. The van der Waals surface area contributed by atoms with Crippen LogP contribution in [0.3, 0.4) is 0 Å². The van der Waals surface area contributed by atoms with Crippen LogP contribution in [0, 0.1) is 6.92 Å². The van der Waals surface area contributed by atoms with Gasteiger partial charge in [0.05, 0.1) is 13.2 Å². The summed E-state index contributed by atoms with van der Waals surface area (Å²) in [5, 5.41) is 9.69. The smallest absolute Gasteiger partial charge is 0.435 e. The van der Waals surface area contributed by atoms with Crippen LogP contribution in [0.5, 0.6) is 5.75 Å². The molecule has 1 aromatic carbocycles. The molecule has 2 rings (SSSR count). The van der Waals surface area contributed by atoms with Crippen molar-refractivity contribution in [2.24, 2.45) is 12.0 Å². The standard InChI is InChI=1S/C20H28F3N5O2/c1-5-24-19(26-12-16-13-28(3)27-18(16)20(21,22)23)25-11-15-7-6-14(2)10-17(15)30-9-8-29-4/h6-7,10,13H,5,8-9,11-12H2,1-4H3,(H2,24,25,26). The first kappa shape index (κ1) is 23.5. The number of nitrogens with zero attached hydrogens (tertiary/aromatic N) is 3. The van der Waals surface area contributed by atoms with Gasteiger partial charge in [-0.25, -0.2) is 4.99 Å². The van der Waals surface area contributed by atoms with Crippen LogP contribution in [0.2, 0.25) is 0 Å². The second kappa shape index (κ2) is 10.9. The monoisotopic (exact) mass is 427 g/mol. The van der Waals surface area contributed by atoms with E-state index in [0.717, 1.165) is 21.6 Å². The number of methoxy groups -OCH3 is 1. The minimum Gasteiger partial charge on any atom is -0.491 e. The van der Waals surface area contributed by atoms with Crippen molar-refractivity contribution in [1.29, 1.82) is 0 Å². The first-order valence-electron chi connectivity index (χ1n) is 9.57. The van der Waals surface area contributed by atoms with E-state index in [4.69, 9.17) is 9.47 Å². The van der Waals surface area contributed by atoms with E-state index < -0.39 is 11.9 Å². The van der Waals surface area contributed by atoms with E-state index in [1.165, 1.54) is 13.2 Å². The van der Waals surface area contributed by atoms with Gasteiger partial charge in [-0.2, -0.15) is 18.3 Å². The number of ether oxygens (including phenoxy) is 2. The minimum absolute atomic E-state index is 0.0149. The summed E-state index contributed by atoms with van der Waals surface area (Å²) in [7, 11) is 3.06. The summed E-state index contributed by atoms with van der Waals surface area (Å²) in [6.07, 6.45) is -3.19. The zero-order chi connectivity index (χ0) is 22.1. The van der Waals surface area contributed by atoms with Crippen LogP contribution in [-0.4, -0.2) is 42.6 Å². The minimum atomic E-state index is -4.52. The number of hydrogen-bond acceptors (Lipinski definition) is 4. The number of guanidine groups is 1. The van der Waals surface area contributed by atoms with Gasteiger partial charge in [0.1, 0.15) is 12.4 Å². The third kappa shape index (κ3) is 6.94. The largest absolute Gasteiger partial charge is 0.491 e. The lowest BCUT2D eigenvalue weighted by Gasteiger charge is -2.15. The van der Waals surface area contributed by atoms with E-state index in [2.05, 4.69) is 20.7 Å². The van der Waals surface area contributed by atoms with Crippen molar-refractivity contribution in [2.45, 2.75) is 33.1 Å². The van der Waals surface area contributed by atoms with Crippen molar-refractivity contribution in [1.82, 2.24) is 20.4 Å². The quantitative estimate of drug-likeness (QED) is 0.366. The summed E-state index contributed by atoms with van der Waals surface area (Å²) in [5.74, 6) is 1.12. The summed E-state index contributed by atoms with van der Waals surface area (Å²) in [5.41, 5.74) is 1.06. The first-order chi connectivity index (χ1) is 14.2. The predicted molar refractivity (Wildman–Crippen MR) is 108 cm³/mol. The van der Waals surface area contributed by atoms with E-state index in [1.807, 2.05) is 32.0 Å². The number of aliphatic imine (C=N–C) groups is 1. The molecule has 0 fully saturated rings. The molecule has 0 aliphatic heterocycles. The van der Waals surface area contributed by atoms with Gasteiger partial charge in [-0.05, 0) is 25.5 Å². The van der Waals surface area contributed by atoms with Gasteiger partial charge < -0.3 is 20.1 Å². The van der Waals surface area contributed by atoms with Crippen molar-refractivity contribution >= 4 is 5.96 Å². The summed E-state index contributed by atoms with van der Waals surface area (Å²) in [6.45, 7) is 5.55. The molecular weight excluding hydrogens is 399 g/mol. The van der Waals surface area contributed by atoms with Crippen molar-refractivity contribution in [3.8, 4) is 5.75 Å². The summed E-state index contributed by atoms with van der Waals surface area (Å²) in [4.78, 5) is 4.29. The van der Waals surface area contributed by atoms with Gasteiger partial charge in [-0.15, -0.1) is 0 Å². The Morgan fingerprint density at radius 1 is 1.20 bits per heavy atom. The number of alkyl halides is 3. The van der Waals surface area contributed by atoms with Crippen molar-refractivity contribution in [2.75, 3.05) is 26.9 Å². The Hall–Kier alpha value is -2.75. The fourth-order valence-electron chi connectivity index (χ4n) is 2.75. The molecule has 1 heterocycles. The molecule has 10 heteroatoms. The number of aromatic nitrogens is 2. The molecule has 0 saturated carbocycles. The lowest BCUT2D eigenvalue weighted by Crippen LogP contribution is -2.37. The molecule has 2 N–H and O–H groups in total. The third-order valence-corrected chi connectivity index (χ3v) is 4.14. The van der Waals surface area contributed by atoms with Gasteiger partial charge in [-0.1, -0.05) is 12.1 Å². The van der Waals surface area contributed by atoms with Crippen LogP contribution in [0.25, 0.3) is 0 Å². The van der Waals surface area contributed by atoms with E-state index in [0.29, 0.717) is 32.3 Å². The number of hydrogen-bond donors (Lipinski definition) is 2. The van der Waals surface area contributed by atoms with Crippen molar-refractivity contribution < 1.29 is 22.6 Å². The molecule has 0 radical (unpaired) electrons. The van der Waals surface area contributed by atoms with Gasteiger partial charge in [0.15, 0.2) is 11.7 Å². The Morgan fingerprint density at radius 2 is 1.97 bits per heavy atom. The van der Waals surface area contributed by atoms with E-state index in [9.17, 15) is 13.2 Å². The molecule has 7 nitrogen and oxygen atoms in total. The van der Waals surface area contributed by atoms with Gasteiger partial charge in [0.2, 0.25) is 0 Å². The molecule has 0 aliphatic carbocycles. The van der Waals surface area contributed by atoms with Crippen LogP contribution >= 0.6 is 0 Å². The molecule has 0 atom stereocenters. The number of rotatable bonds is 9. The highest BCUT2D eigenvalue weighted by atomic mass is 19.4. The van der Waals surface area contributed by atoms with E-state index >= 15 is 0 Å². The van der Waals surface area contributed by atoms with Crippen LogP contribution in [0.15, 0.2) is 29.4 Å². The second-order valence-electron chi connectivity index (χ2n) is 6.68. The Morgan fingerprint density at radius 3 is 2.63 bits per heavy atom. The lowest BCUT2D eigenvalue weighted by molar-refractivity contribution is -0.142. The van der Waals surface area contributed by atoms with Crippen LogP contribution in [0.1, 0.15) is 29.3 Å². The molecule has 0 amide bonds. The van der Waals surface area contributed by atoms with Gasteiger partial charge in [0, 0.05) is 44.6 Å². The summed E-state index contributed by atoms with van der Waals surface area (Å²) in [6, 6.07) is 5.84. The number of nitrogens with one attached hydrogen (secondary N) is 2. The molecule has 0 spiro atoms. The van der Waals surface area contributed by atoms with Crippen molar-refractivity contribution in [3.05, 3.63) is 46.8 Å². The summed E-state index contributed by atoms with van der Waals surface area (Å²) < 4.78 is 51.3. The van der Waals surface area contributed by atoms with Crippen molar-refractivity contribution in [3.63, 3.8) is 0 Å². The Bertz CT molecular complexity index is 849. The Kier molecular flexibility index (Phi) is 8.52. The molecule has 0 saturated heterocycles. The highest BCUT2D eigenvalue weighted by Crippen LogP contribution is 2.30. The number of benzene rings is 1. The highest BCUT2D eigenvalue weighted by Gasteiger charge is 2.36. The Balaban J connectivity index is 2.12. The fraction of sp³-hybridized carbons (Fsp3) is 0.500. The topological polar surface area (TPSA) is 72.7 Å². The highest BCUT2D eigenvalue weighted by molar-refractivity contribution is 5.79. The maximum absolute atomic E-state index is 13.1. The number of aryl methyl sites for hydroxylation is 2. The molecule has 30 heavy (non-hydrogen) atoms. The molecular formula is C20H28F3N5O2. The molecule has 0 aliphatic rings. The van der Waals surface area contributed by atoms with E-state index in [1.54, 1.807) is 7.11 Å². The normalized spacial score (nSPS) is 12.2. The molecule has 1 aromatic heterocycles. The first-order valence-corrected chi connectivity index (χ1v) is 9.57.